The average molecular weight is 1080 g/mol. The van der Waals surface area contributed by atoms with Gasteiger partial charge in [0.25, 0.3) is 11.8 Å². The van der Waals surface area contributed by atoms with E-state index in [1.165, 1.54) is 6.42 Å². The van der Waals surface area contributed by atoms with Gasteiger partial charge in [-0.15, -0.1) is 20.4 Å². The van der Waals surface area contributed by atoms with Gasteiger partial charge in [-0.25, -0.2) is 14.8 Å². The van der Waals surface area contributed by atoms with E-state index in [0.29, 0.717) is 77.0 Å². The molecule has 12 rings (SSSR count). The second-order valence-corrected chi connectivity index (χ2v) is 23.6. The highest BCUT2D eigenvalue weighted by molar-refractivity contribution is 5.99. The lowest BCUT2D eigenvalue weighted by molar-refractivity contribution is -0.120. The summed E-state index contributed by atoms with van der Waals surface area (Å²) in [5.74, 6) is 3.70. The Bertz CT molecular complexity index is 3270. The molecule has 6 aliphatic rings. The van der Waals surface area contributed by atoms with Gasteiger partial charge in [-0.05, 0) is 127 Å². The number of fused-ring (bicyclic) bond motifs is 6. The number of nitrogens with one attached hydrogen (secondary N) is 2. The van der Waals surface area contributed by atoms with Crippen LogP contribution in [0.2, 0.25) is 0 Å². The number of rotatable bonds is 10. The van der Waals surface area contributed by atoms with E-state index in [2.05, 4.69) is 50.1 Å². The highest BCUT2D eigenvalue weighted by Gasteiger charge is 2.45. The number of hydrogen-bond acceptors (Lipinski definition) is 16. The third kappa shape index (κ3) is 11.1. The zero-order valence-electron chi connectivity index (χ0n) is 46.3. The Hall–Kier alpha value is -7.85. The van der Waals surface area contributed by atoms with Crippen LogP contribution < -0.4 is 20.4 Å². The molecule has 0 aromatic carbocycles. The van der Waals surface area contributed by atoms with Crippen molar-refractivity contribution in [2.45, 2.75) is 147 Å². The summed E-state index contributed by atoms with van der Waals surface area (Å²) in [6, 6.07) is 11.0. The molecule has 2 N–H and O–H groups in total. The topological polar surface area (TPSA) is 248 Å². The molecule has 4 bridgehead atoms. The van der Waals surface area contributed by atoms with Crippen molar-refractivity contribution in [1.29, 1.82) is 0 Å². The zero-order chi connectivity index (χ0) is 55.3. The fraction of sp³-hybridized carbons (Fsp3) is 0.554. The van der Waals surface area contributed by atoms with Crippen molar-refractivity contribution in [3.8, 4) is 0 Å². The number of nitrogens with zero attached hydrogens (tertiary/aromatic N) is 15. The number of hydrogen-bond donors (Lipinski definition) is 2. The predicted molar refractivity (Wildman–Crippen MR) is 296 cm³/mol. The van der Waals surface area contributed by atoms with Crippen LogP contribution in [0.3, 0.4) is 0 Å². The summed E-state index contributed by atoms with van der Waals surface area (Å²) in [6.45, 7) is 6.58. The first kappa shape index (κ1) is 53.2. The standard InChI is InChI=1S/C30H39N9O4.C26H32N8O2/c1-30(2,3)43-29(42)38-20-10-11-21(38)17-37(25(40)15-20)24-13-12-23(34-35-24)32-28-31-16-18-14-22(27(41)36(4)5)39(26(18)33-28)19-8-6-7-9-19;1-32(2)25(36)20-13-18-14-27-26(29-24(18)34(20)19-5-3-4-6-19)28-21-9-10-22(31-30-21)33-15-17-8-7-16(11-17)12-23(33)35/h12-14,16,19-21H,6-11,15,17H2,1-5H3,(H,31,32,33,34);9-10,13-14,16-17,19H,3-8,11-12,15H2,1-2H3,(H,27,28,29,30). The number of carbonyl (C=O) groups excluding carboxylic acids is 5. The van der Waals surface area contributed by atoms with E-state index in [9.17, 15) is 24.0 Å². The zero-order valence-corrected chi connectivity index (χ0v) is 46.3. The molecule has 4 unspecified atom stereocenters. The molecule has 79 heavy (non-hydrogen) atoms. The van der Waals surface area contributed by atoms with Crippen molar-refractivity contribution in [3.63, 3.8) is 0 Å². The van der Waals surface area contributed by atoms with Crippen molar-refractivity contribution in [1.82, 2.24) is 64.2 Å². The quantitative estimate of drug-likeness (QED) is 0.131. The maximum atomic E-state index is 13.2. The molecule has 0 spiro atoms. The van der Waals surface area contributed by atoms with Gasteiger partial charge in [0.05, 0.1) is 6.04 Å². The Kier molecular flexibility index (Phi) is 14.6. The van der Waals surface area contributed by atoms with Crippen molar-refractivity contribution in [2.75, 3.05) is 61.7 Å². The first-order valence-electron chi connectivity index (χ1n) is 28.0. The van der Waals surface area contributed by atoms with Gasteiger partial charge in [0, 0.05) is 95.4 Å². The second kappa shape index (κ2) is 21.8. The normalized spacial score (nSPS) is 21.5. The summed E-state index contributed by atoms with van der Waals surface area (Å²) in [7, 11) is 7.04. The molecule has 3 aliphatic carbocycles. The minimum absolute atomic E-state index is 0.0351. The number of amides is 5. The van der Waals surface area contributed by atoms with Gasteiger partial charge in [0.1, 0.15) is 28.3 Å². The van der Waals surface area contributed by atoms with Crippen LogP contribution in [0.15, 0.2) is 48.8 Å². The smallest absolute Gasteiger partial charge is 0.410 e. The molecular formula is C56H71N17O6. The minimum atomic E-state index is -0.611. The van der Waals surface area contributed by atoms with Gasteiger partial charge in [-0.2, -0.15) is 9.97 Å². The molecule has 3 aliphatic heterocycles. The lowest BCUT2D eigenvalue weighted by Crippen LogP contribution is -2.45. The molecule has 6 aromatic heterocycles. The fourth-order valence-corrected chi connectivity index (χ4v) is 12.6. The number of aromatic nitrogens is 10. The van der Waals surface area contributed by atoms with Crippen LogP contribution in [-0.4, -0.2) is 153 Å². The van der Waals surface area contributed by atoms with Crippen LogP contribution >= 0.6 is 0 Å². The molecule has 9 heterocycles. The SMILES string of the molecule is CN(C)C(=O)c1cc2cnc(Nc3ccc(N4CC5CCC(CC4=O)C5)nn3)nc2n1C1CCCC1.CN(C)C(=O)c1cc2cnc(Nc3ccc(N4CC5CCC(CC4=O)N5C(=O)OC(C)(C)C)nn3)nc2n1C1CCCC1. The van der Waals surface area contributed by atoms with Crippen molar-refractivity contribution < 1.29 is 28.7 Å². The Morgan fingerprint density at radius 3 is 1.54 bits per heavy atom. The lowest BCUT2D eigenvalue weighted by Gasteiger charge is -2.31. The van der Waals surface area contributed by atoms with E-state index in [0.717, 1.165) is 100 Å². The lowest BCUT2D eigenvalue weighted by atomic mass is 10.0. The van der Waals surface area contributed by atoms with Gasteiger partial charge < -0.3 is 34.3 Å². The molecule has 6 aromatic rings. The maximum Gasteiger partial charge on any atom is 0.410 e. The van der Waals surface area contributed by atoms with E-state index in [4.69, 9.17) is 14.7 Å². The average Bonchev–Trinajstić information content (AvgIpc) is 4.44. The third-order valence-corrected chi connectivity index (χ3v) is 16.3. The number of ether oxygens (including phenoxy) is 1. The van der Waals surface area contributed by atoms with Crippen LogP contribution in [-0.2, 0) is 14.3 Å². The Labute approximate surface area is 458 Å². The van der Waals surface area contributed by atoms with Crippen LogP contribution in [0.5, 0.6) is 0 Å². The summed E-state index contributed by atoms with van der Waals surface area (Å²) in [5.41, 5.74) is 2.11. The molecule has 0 radical (unpaired) electrons. The van der Waals surface area contributed by atoms with Crippen molar-refractivity contribution in [3.05, 3.63) is 60.2 Å². The fourth-order valence-electron chi connectivity index (χ4n) is 12.6. The van der Waals surface area contributed by atoms with E-state index in [-0.39, 0.29) is 60.3 Å². The maximum absolute atomic E-state index is 13.2. The van der Waals surface area contributed by atoms with Gasteiger partial charge >= 0.3 is 6.09 Å². The Morgan fingerprint density at radius 1 is 0.582 bits per heavy atom. The number of anilines is 6. The van der Waals surface area contributed by atoms with E-state index in [1.807, 2.05) is 45.0 Å². The highest BCUT2D eigenvalue weighted by atomic mass is 16.6. The van der Waals surface area contributed by atoms with E-state index >= 15 is 0 Å². The van der Waals surface area contributed by atoms with Gasteiger partial charge in [0.15, 0.2) is 23.3 Å². The molecular weight excluding hydrogens is 1010 g/mol. The highest BCUT2D eigenvalue weighted by Crippen LogP contribution is 2.40. The van der Waals surface area contributed by atoms with Crippen LogP contribution in [0.4, 0.5) is 40.0 Å². The monoisotopic (exact) mass is 1080 g/mol. The molecule has 4 atom stereocenters. The summed E-state index contributed by atoms with van der Waals surface area (Å²) in [5, 5.41) is 25.2. The molecule has 23 heteroatoms. The van der Waals surface area contributed by atoms with Gasteiger partial charge in [-0.1, -0.05) is 25.7 Å². The van der Waals surface area contributed by atoms with Crippen molar-refractivity contribution >= 4 is 87.0 Å². The van der Waals surface area contributed by atoms with Crippen molar-refractivity contribution in [2.24, 2.45) is 11.8 Å². The minimum Gasteiger partial charge on any atom is -0.444 e. The molecule has 3 saturated heterocycles. The van der Waals surface area contributed by atoms with Gasteiger partial charge in [0.2, 0.25) is 23.7 Å². The van der Waals surface area contributed by atoms with Crippen LogP contribution in [0.25, 0.3) is 22.1 Å². The third-order valence-electron chi connectivity index (χ3n) is 16.3. The van der Waals surface area contributed by atoms with E-state index < -0.39 is 5.60 Å². The second-order valence-electron chi connectivity index (χ2n) is 23.6. The molecule has 416 valence electrons. The molecule has 5 amide bonds. The predicted octanol–water partition coefficient (Wildman–Crippen LogP) is 8.22. The molecule has 6 fully saturated rings. The van der Waals surface area contributed by atoms with E-state index in [1.54, 1.807) is 77.2 Å². The number of carbonyl (C=O) groups is 5. The Balaban J connectivity index is 0.000000170. The molecule has 3 saturated carbocycles. The van der Waals surface area contributed by atoms with Crippen LogP contribution in [0.1, 0.15) is 150 Å². The molecule has 23 nitrogen and oxygen atoms in total. The first-order valence-corrected chi connectivity index (χ1v) is 28.0. The summed E-state index contributed by atoms with van der Waals surface area (Å²) >= 11 is 0. The first-order chi connectivity index (χ1) is 37.9. The van der Waals surface area contributed by atoms with Gasteiger partial charge in [-0.3, -0.25) is 33.9 Å². The summed E-state index contributed by atoms with van der Waals surface area (Å²) in [4.78, 5) is 91.6. The summed E-state index contributed by atoms with van der Waals surface area (Å²) < 4.78 is 9.79. The summed E-state index contributed by atoms with van der Waals surface area (Å²) in [6.07, 6.45) is 17.6. The largest absolute Gasteiger partial charge is 0.444 e. The Morgan fingerprint density at radius 2 is 1.06 bits per heavy atom. The van der Waals surface area contributed by atoms with Crippen LogP contribution in [0, 0.1) is 11.8 Å².